The Morgan fingerprint density at radius 3 is 2.67 bits per heavy atom. The van der Waals surface area contributed by atoms with Crippen LogP contribution in [0, 0.1) is 0 Å². The van der Waals surface area contributed by atoms with Crippen molar-refractivity contribution in [2.24, 2.45) is 21.7 Å². The summed E-state index contributed by atoms with van der Waals surface area (Å²) in [4.78, 5) is 0. The van der Waals surface area contributed by atoms with E-state index in [1.54, 1.807) is 43.5 Å². The van der Waals surface area contributed by atoms with E-state index in [1.165, 1.54) is 6.21 Å². The van der Waals surface area contributed by atoms with Crippen molar-refractivity contribution in [1.29, 1.82) is 0 Å². The summed E-state index contributed by atoms with van der Waals surface area (Å²) in [6.45, 7) is 0.236. The molecule has 2 aromatic carbocycles. The predicted molar refractivity (Wildman–Crippen MR) is 97.2 cm³/mol. The fourth-order valence-corrected chi connectivity index (χ4v) is 2.36. The molecule has 0 bridgehead atoms. The Balaban J connectivity index is 2.27. The van der Waals surface area contributed by atoms with Crippen LogP contribution in [0.25, 0.3) is 0 Å². The van der Waals surface area contributed by atoms with Crippen LogP contribution in [-0.4, -0.2) is 19.3 Å². The molecule has 126 valence electrons. The number of hydrogen-bond acceptors (Lipinski definition) is 4. The number of nitrogens with two attached hydrogens (primary N) is 2. The third-order valence-corrected chi connectivity index (χ3v) is 3.57. The summed E-state index contributed by atoms with van der Waals surface area (Å²) >= 11 is 12.1. The van der Waals surface area contributed by atoms with Crippen LogP contribution >= 0.6 is 23.2 Å². The van der Waals surface area contributed by atoms with Gasteiger partial charge in [-0.05, 0) is 24.3 Å². The van der Waals surface area contributed by atoms with E-state index >= 15 is 0 Å². The number of guanidine groups is 1. The minimum absolute atomic E-state index is 0.135. The van der Waals surface area contributed by atoms with Crippen molar-refractivity contribution in [3.8, 4) is 11.5 Å². The van der Waals surface area contributed by atoms with E-state index in [0.717, 1.165) is 5.56 Å². The number of halogens is 2. The highest BCUT2D eigenvalue weighted by atomic mass is 35.5. The first kappa shape index (κ1) is 17.9. The Kier molecular flexibility index (Phi) is 6.28. The van der Waals surface area contributed by atoms with Crippen LogP contribution in [0.5, 0.6) is 11.5 Å². The summed E-state index contributed by atoms with van der Waals surface area (Å²) in [6, 6.07) is 10.6. The maximum Gasteiger partial charge on any atom is 0.211 e. The Labute approximate surface area is 149 Å². The number of methoxy groups -OCH3 is 1. The van der Waals surface area contributed by atoms with Gasteiger partial charge in [-0.2, -0.15) is 5.10 Å². The largest absolute Gasteiger partial charge is 0.493 e. The van der Waals surface area contributed by atoms with E-state index in [4.69, 9.17) is 44.1 Å². The molecule has 0 atom stereocenters. The van der Waals surface area contributed by atoms with E-state index in [9.17, 15) is 0 Å². The fraction of sp³-hybridized carbons (Fsp3) is 0.125. The van der Waals surface area contributed by atoms with Crippen LogP contribution in [0.3, 0.4) is 0 Å². The summed E-state index contributed by atoms with van der Waals surface area (Å²) in [7, 11) is 1.55. The zero-order valence-electron chi connectivity index (χ0n) is 12.9. The van der Waals surface area contributed by atoms with Gasteiger partial charge in [-0.15, -0.1) is 5.10 Å². The Morgan fingerprint density at radius 2 is 2.00 bits per heavy atom. The van der Waals surface area contributed by atoms with Crippen molar-refractivity contribution >= 4 is 35.4 Å². The fourth-order valence-electron chi connectivity index (χ4n) is 1.90. The van der Waals surface area contributed by atoms with Gasteiger partial charge in [0.05, 0.1) is 13.3 Å². The van der Waals surface area contributed by atoms with Gasteiger partial charge in [0.2, 0.25) is 5.96 Å². The molecule has 0 aliphatic rings. The summed E-state index contributed by atoms with van der Waals surface area (Å²) < 4.78 is 11.2. The molecule has 0 radical (unpaired) electrons. The van der Waals surface area contributed by atoms with E-state index in [1.807, 2.05) is 0 Å². The SMILES string of the molecule is COc1cccc(C=NN=C(N)N)c1OCc1ccc(Cl)cc1Cl. The number of benzene rings is 2. The van der Waals surface area contributed by atoms with Crippen molar-refractivity contribution in [3.63, 3.8) is 0 Å². The first-order valence-corrected chi connectivity index (χ1v) is 7.62. The highest BCUT2D eigenvalue weighted by molar-refractivity contribution is 6.35. The normalized spacial score (nSPS) is 10.6. The van der Waals surface area contributed by atoms with Gasteiger partial charge in [0.25, 0.3) is 0 Å². The molecule has 0 unspecified atom stereocenters. The second kappa shape index (κ2) is 8.42. The third-order valence-electron chi connectivity index (χ3n) is 2.99. The molecule has 0 spiro atoms. The molecule has 2 rings (SSSR count). The molecule has 0 aliphatic carbocycles. The molecule has 2 aromatic rings. The molecule has 0 aromatic heterocycles. The van der Waals surface area contributed by atoms with Gasteiger partial charge in [0.1, 0.15) is 6.61 Å². The van der Waals surface area contributed by atoms with Crippen molar-refractivity contribution < 1.29 is 9.47 Å². The highest BCUT2D eigenvalue weighted by Crippen LogP contribution is 2.32. The Bertz CT molecular complexity index is 775. The van der Waals surface area contributed by atoms with Crippen molar-refractivity contribution in [3.05, 3.63) is 57.6 Å². The Morgan fingerprint density at radius 1 is 1.21 bits per heavy atom. The van der Waals surface area contributed by atoms with Gasteiger partial charge in [-0.25, -0.2) is 0 Å². The van der Waals surface area contributed by atoms with Crippen molar-refractivity contribution in [2.75, 3.05) is 7.11 Å². The Hall–Kier alpha value is -2.44. The number of nitrogens with zero attached hydrogens (tertiary/aromatic N) is 2. The van der Waals surface area contributed by atoms with E-state index in [0.29, 0.717) is 27.1 Å². The molecule has 6 nitrogen and oxygen atoms in total. The lowest BCUT2D eigenvalue weighted by molar-refractivity contribution is 0.284. The number of ether oxygens (including phenoxy) is 2. The minimum Gasteiger partial charge on any atom is -0.493 e. The van der Waals surface area contributed by atoms with Crippen molar-refractivity contribution in [1.82, 2.24) is 0 Å². The van der Waals surface area contributed by atoms with Crippen LogP contribution in [0.2, 0.25) is 10.0 Å². The van der Waals surface area contributed by atoms with Gasteiger partial charge < -0.3 is 20.9 Å². The van der Waals surface area contributed by atoms with Gasteiger partial charge in [0, 0.05) is 21.2 Å². The quantitative estimate of drug-likeness (QED) is 0.466. The molecule has 0 saturated heterocycles. The summed E-state index contributed by atoms with van der Waals surface area (Å²) in [5.74, 6) is 0.916. The van der Waals surface area contributed by atoms with E-state index in [-0.39, 0.29) is 12.6 Å². The molecule has 0 saturated carbocycles. The van der Waals surface area contributed by atoms with Crippen LogP contribution in [0.1, 0.15) is 11.1 Å². The molecule has 0 fully saturated rings. The lowest BCUT2D eigenvalue weighted by Crippen LogP contribution is -2.21. The summed E-state index contributed by atoms with van der Waals surface area (Å²) in [5, 5.41) is 8.45. The number of para-hydroxylation sites is 1. The average Bonchev–Trinajstić information content (AvgIpc) is 2.54. The first-order valence-electron chi connectivity index (χ1n) is 6.87. The summed E-state index contributed by atoms with van der Waals surface area (Å²) in [6.07, 6.45) is 1.47. The molecular formula is C16H16Cl2N4O2. The minimum atomic E-state index is -0.135. The van der Waals surface area contributed by atoms with Crippen LogP contribution in [-0.2, 0) is 6.61 Å². The monoisotopic (exact) mass is 366 g/mol. The lowest BCUT2D eigenvalue weighted by atomic mass is 10.2. The maximum atomic E-state index is 6.16. The van der Waals surface area contributed by atoms with Gasteiger partial charge in [-0.1, -0.05) is 35.3 Å². The second-order valence-corrected chi connectivity index (χ2v) is 5.52. The smallest absolute Gasteiger partial charge is 0.211 e. The molecule has 4 N–H and O–H groups in total. The molecule has 0 amide bonds. The lowest BCUT2D eigenvalue weighted by Gasteiger charge is -2.13. The maximum absolute atomic E-state index is 6.16. The standard InChI is InChI=1S/C16H16Cl2N4O2/c1-23-14-4-2-3-10(8-21-22-16(19)20)15(14)24-9-11-5-6-12(17)7-13(11)18/h2-8H,9H2,1H3,(H4,19,20,22). The third kappa shape index (κ3) is 4.78. The van der Waals surface area contributed by atoms with Crippen LogP contribution in [0.15, 0.2) is 46.6 Å². The van der Waals surface area contributed by atoms with Crippen LogP contribution in [0.4, 0.5) is 0 Å². The average molecular weight is 367 g/mol. The highest BCUT2D eigenvalue weighted by Gasteiger charge is 2.11. The molecular weight excluding hydrogens is 351 g/mol. The zero-order valence-corrected chi connectivity index (χ0v) is 14.4. The first-order chi connectivity index (χ1) is 11.5. The van der Waals surface area contributed by atoms with Gasteiger partial charge in [-0.3, -0.25) is 0 Å². The molecule has 8 heteroatoms. The molecule has 24 heavy (non-hydrogen) atoms. The number of rotatable bonds is 6. The molecule has 0 aliphatic heterocycles. The van der Waals surface area contributed by atoms with Crippen LogP contribution < -0.4 is 20.9 Å². The zero-order chi connectivity index (χ0) is 17.5. The number of hydrogen-bond donors (Lipinski definition) is 2. The second-order valence-electron chi connectivity index (χ2n) is 4.67. The van der Waals surface area contributed by atoms with E-state index in [2.05, 4.69) is 10.2 Å². The van der Waals surface area contributed by atoms with E-state index < -0.39 is 0 Å². The summed E-state index contributed by atoms with van der Waals surface area (Å²) in [5.41, 5.74) is 11.9. The molecule has 0 heterocycles. The van der Waals surface area contributed by atoms with Crippen molar-refractivity contribution in [2.45, 2.75) is 6.61 Å². The predicted octanol–water partition coefficient (Wildman–Crippen LogP) is 3.19. The van der Waals surface area contributed by atoms with Gasteiger partial charge in [0.15, 0.2) is 11.5 Å². The topological polar surface area (TPSA) is 95.2 Å². The van der Waals surface area contributed by atoms with Gasteiger partial charge >= 0.3 is 0 Å².